The number of carbonyl (C=O) groups excluding carboxylic acids is 1. The third kappa shape index (κ3) is 6.02. The van der Waals surface area contributed by atoms with Crippen molar-refractivity contribution in [3.63, 3.8) is 0 Å². The van der Waals surface area contributed by atoms with E-state index in [-0.39, 0.29) is 17.3 Å². The Morgan fingerprint density at radius 1 is 1.21 bits per heavy atom. The second-order valence-corrected chi connectivity index (χ2v) is 9.72. The van der Waals surface area contributed by atoms with Crippen LogP contribution in [0.1, 0.15) is 75.5 Å². The van der Waals surface area contributed by atoms with Gasteiger partial charge in [-0.15, -0.1) is 0 Å². The number of ketones is 1. The van der Waals surface area contributed by atoms with Crippen LogP contribution in [0.2, 0.25) is 5.02 Å². The second-order valence-electron chi connectivity index (χ2n) is 9.29. The predicted molar refractivity (Wildman–Crippen MR) is 138 cm³/mol. The smallest absolute Gasteiger partial charge is 0.145 e. The largest absolute Gasteiger partial charge is 0.299 e. The predicted octanol–water partition coefficient (Wildman–Crippen LogP) is 8.36. The van der Waals surface area contributed by atoms with E-state index in [0.717, 1.165) is 37.0 Å². The number of halogens is 3. The lowest BCUT2D eigenvalue weighted by Gasteiger charge is -2.32. The van der Waals surface area contributed by atoms with Gasteiger partial charge in [0, 0.05) is 28.8 Å². The molecule has 3 rings (SSSR count). The number of allylic oxidation sites excluding steroid dienone is 1. The summed E-state index contributed by atoms with van der Waals surface area (Å²) in [7, 11) is 0. The number of hydrogen-bond acceptors (Lipinski definition) is 2. The van der Waals surface area contributed by atoms with Crippen molar-refractivity contribution in [1.29, 1.82) is 0 Å². The van der Waals surface area contributed by atoms with Crippen molar-refractivity contribution in [2.24, 2.45) is 16.8 Å². The molecular formula is C29H34ClF2NO. The fourth-order valence-corrected chi connectivity index (χ4v) is 5.31. The van der Waals surface area contributed by atoms with Crippen LogP contribution in [0.25, 0.3) is 5.57 Å². The second kappa shape index (κ2) is 11.9. The highest BCUT2D eigenvalue weighted by Crippen LogP contribution is 2.38. The van der Waals surface area contributed by atoms with Crippen molar-refractivity contribution in [2.75, 3.05) is 6.54 Å². The third-order valence-electron chi connectivity index (χ3n) is 7.02. The van der Waals surface area contributed by atoms with Gasteiger partial charge in [0.1, 0.15) is 17.4 Å². The Morgan fingerprint density at radius 2 is 1.91 bits per heavy atom. The molecule has 0 amide bonds. The van der Waals surface area contributed by atoms with Gasteiger partial charge in [-0.05, 0) is 86.4 Å². The summed E-state index contributed by atoms with van der Waals surface area (Å²) >= 11 is 6.23. The molecule has 1 aliphatic carbocycles. The van der Waals surface area contributed by atoms with E-state index in [9.17, 15) is 13.6 Å². The van der Waals surface area contributed by atoms with Crippen LogP contribution in [0.3, 0.4) is 0 Å². The molecule has 5 heteroatoms. The maximum Gasteiger partial charge on any atom is 0.145 e. The van der Waals surface area contributed by atoms with Gasteiger partial charge in [0.05, 0.1) is 5.92 Å². The summed E-state index contributed by atoms with van der Waals surface area (Å²) in [6.45, 7) is 8.43. The van der Waals surface area contributed by atoms with Crippen molar-refractivity contribution < 1.29 is 13.6 Å². The first-order valence-corrected chi connectivity index (χ1v) is 12.6. The zero-order valence-corrected chi connectivity index (χ0v) is 21.3. The number of nitrogens with zero attached hydrogens (tertiary/aromatic N) is 1. The Bertz CT molecular complexity index is 1070. The van der Waals surface area contributed by atoms with E-state index in [1.807, 2.05) is 25.1 Å². The van der Waals surface area contributed by atoms with Gasteiger partial charge in [-0.25, -0.2) is 8.78 Å². The standard InChI is InChI=1S/C29H34ClF2NO/c1-5-8-21(25-17-22(30)14-13-18(25)2)15-16-33-20(4)24-10-6-9-23(29(24)34)19(3)28-26(31)11-7-12-27(28)32/h7-8,11-14,17,19,23-24H,5-6,9-10,15-16H2,1-4H3. The molecule has 1 fully saturated rings. The van der Waals surface area contributed by atoms with Crippen LogP contribution in [0.4, 0.5) is 8.78 Å². The zero-order chi connectivity index (χ0) is 24.8. The fourth-order valence-electron chi connectivity index (χ4n) is 5.14. The molecule has 3 unspecified atom stereocenters. The Balaban J connectivity index is 1.72. The molecule has 0 spiro atoms. The van der Waals surface area contributed by atoms with Crippen molar-refractivity contribution in [3.05, 3.63) is 75.8 Å². The first-order chi connectivity index (χ1) is 16.2. The summed E-state index contributed by atoms with van der Waals surface area (Å²) in [4.78, 5) is 18.1. The molecule has 0 bridgehead atoms. The van der Waals surface area contributed by atoms with Gasteiger partial charge in [0.25, 0.3) is 0 Å². The quantitative estimate of drug-likeness (QED) is 0.345. The number of Topliss-reactive ketones (excluding diaryl/α,β-unsaturated/α-hetero) is 1. The highest BCUT2D eigenvalue weighted by molar-refractivity contribution is 6.30. The van der Waals surface area contributed by atoms with Gasteiger partial charge in [-0.3, -0.25) is 9.79 Å². The highest BCUT2D eigenvalue weighted by atomic mass is 35.5. The lowest BCUT2D eigenvalue weighted by atomic mass is 9.71. The third-order valence-corrected chi connectivity index (χ3v) is 7.25. The van der Waals surface area contributed by atoms with Gasteiger partial charge in [0.15, 0.2) is 0 Å². The number of rotatable bonds is 8. The molecule has 182 valence electrons. The minimum atomic E-state index is -0.584. The molecule has 0 aromatic heterocycles. The molecule has 2 nitrogen and oxygen atoms in total. The van der Waals surface area contributed by atoms with Crippen LogP contribution in [-0.4, -0.2) is 18.0 Å². The van der Waals surface area contributed by atoms with Gasteiger partial charge >= 0.3 is 0 Å². The average molecular weight is 486 g/mol. The molecule has 0 heterocycles. The summed E-state index contributed by atoms with van der Waals surface area (Å²) < 4.78 is 28.7. The Labute approximate surface area is 207 Å². The molecule has 0 aliphatic heterocycles. The molecule has 34 heavy (non-hydrogen) atoms. The molecule has 0 saturated heterocycles. The lowest BCUT2D eigenvalue weighted by molar-refractivity contribution is -0.127. The van der Waals surface area contributed by atoms with Crippen LogP contribution in [-0.2, 0) is 4.79 Å². The molecule has 2 aromatic carbocycles. The summed E-state index contributed by atoms with van der Waals surface area (Å²) in [5.74, 6) is -2.31. The Morgan fingerprint density at radius 3 is 2.59 bits per heavy atom. The number of aryl methyl sites for hydroxylation is 1. The summed E-state index contributed by atoms with van der Waals surface area (Å²) in [5, 5.41) is 0.710. The van der Waals surface area contributed by atoms with E-state index < -0.39 is 23.5 Å². The Hall–Kier alpha value is -2.33. The molecule has 1 saturated carbocycles. The first kappa shape index (κ1) is 26.3. The minimum absolute atomic E-state index is 0.0160. The molecule has 2 aromatic rings. The monoisotopic (exact) mass is 485 g/mol. The lowest BCUT2D eigenvalue weighted by Crippen LogP contribution is -2.36. The molecule has 1 aliphatic rings. The van der Waals surface area contributed by atoms with E-state index >= 15 is 0 Å². The minimum Gasteiger partial charge on any atom is -0.299 e. The van der Waals surface area contributed by atoms with Crippen molar-refractivity contribution >= 4 is 28.7 Å². The maximum absolute atomic E-state index is 14.3. The maximum atomic E-state index is 14.3. The van der Waals surface area contributed by atoms with Gasteiger partial charge < -0.3 is 0 Å². The van der Waals surface area contributed by atoms with Crippen LogP contribution >= 0.6 is 11.6 Å². The summed E-state index contributed by atoms with van der Waals surface area (Å²) in [6.07, 6.45) is 6.11. The molecule has 0 N–H and O–H groups in total. The van der Waals surface area contributed by atoms with Gasteiger partial charge in [-0.2, -0.15) is 0 Å². The normalized spacial score (nSPS) is 20.5. The summed E-state index contributed by atoms with van der Waals surface area (Å²) in [5.41, 5.74) is 4.34. The van der Waals surface area contributed by atoms with E-state index in [0.29, 0.717) is 18.0 Å². The first-order valence-electron chi connectivity index (χ1n) is 12.2. The van der Waals surface area contributed by atoms with Crippen molar-refractivity contribution in [1.82, 2.24) is 0 Å². The molecule has 3 atom stereocenters. The number of carbonyl (C=O) groups is 1. The van der Waals surface area contributed by atoms with E-state index in [1.165, 1.54) is 29.3 Å². The van der Waals surface area contributed by atoms with Crippen LogP contribution in [0.15, 0.2) is 47.5 Å². The summed E-state index contributed by atoms with van der Waals surface area (Å²) in [6, 6.07) is 9.79. The van der Waals surface area contributed by atoms with E-state index in [2.05, 4.69) is 19.9 Å². The van der Waals surface area contributed by atoms with Crippen LogP contribution in [0, 0.1) is 30.4 Å². The van der Waals surface area contributed by atoms with Crippen molar-refractivity contribution in [3.8, 4) is 0 Å². The average Bonchev–Trinajstić information content (AvgIpc) is 2.80. The SMILES string of the molecule is CCC=C(CCN=C(C)C1CCCC(C(C)c2c(F)cccc2F)C1=O)c1cc(Cl)ccc1C. The fraction of sp³-hybridized carbons (Fsp3) is 0.448. The van der Waals surface area contributed by atoms with Gasteiger partial charge in [-0.1, -0.05) is 50.1 Å². The number of hydrogen-bond donors (Lipinski definition) is 0. The van der Waals surface area contributed by atoms with Crippen LogP contribution in [0.5, 0.6) is 0 Å². The van der Waals surface area contributed by atoms with E-state index in [1.54, 1.807) is 6.92 Å². The molecular weight excluding hydrogens is 452 g/mol. The topological polar surface area (TPSA) is 29.4 Å². The zero-order valence-electron chi connectivity index (χ0n) is 20.5. The molecule has 0 radical (unpaired) electrons. The van der Waals surface area contributed by atoms with Crippen molar-refractivity contribution in [2.45, 2.75) is 65.7 Å². The van der Waals surface area contributed by atoms with E-state index in [4.69, 9.17) is 16.6 Å². The Kier molecular flexibility index (Phi) is 9.18. The van der Waals surface area contributed by atoms with Gasteiger partial charge in [0.2, 0.25) is 0 Å². The number of benzene rings is 2. The van der Waals surface area contributed by atoms with Crippen LogP contribution < -0.4 is 0 Å². The number of aliphatic imine (C=N–C) groups is 1. The highest BCUT2D eigenvalue weighted by Gasteiger charge is 2.37.